The molecular weight excluding hydrogens is 237 g/mol. The Morgan fingerprint density at radius 3 is 2.78 bits per heavy atom. The molecule has 98 valence electrons. The van der Waals surface area contributed by atoms with Gasteiger partial charge in [-0.3, -0.25) is 4.79 Å². The third kappa shape index (κ3) is 3.20. The number of para-hydroxylation sites is 1. The Bertz CT molecular complexity index is 432. The molecule has 1 fully saturated rings. The number of carbonyl (C=O) groups excluding carboxylic acids is 1. The molecule has 0 aromatic heterocycles. The minimum atomic E-state index is -0.756. The van der Waals surface area contributed by atoms with E-state index in [0.717, 1.165) is 6.42 Å². The number of rotatable bonds is 5. The van der Waals surface area contributed by atoms with Gasteiger partial charge in [0.15, 0.2) is 18.2 Å². The standard InChI is InChI=1S/C13H16FNO3/c14-10-4-1-2-5-11(10)18-8-12(16)15-9-13(17)6-3-7-13/h1-2,4-5,17H,3,6-9H2,(H,15,16). The smallest absolute Gasteiger partial charge is 0.258 e. The number of amides is 1. The summed E-state index contributed by atoms with van der Waals surface area (Å²) in [4.78, 5) is 11.4. The summed E-state index contributed by atoms with van der Waals surface area (Å²) in [7, 11) is 0. The van der Waals surface area contributed by atoms with Crippen LogP contribution in [0.5, 0.6) is 5.75 Å². The van der Waals surface area contributed by atoms with Crippen LogP contribution in [-0.2, 0) is 4.79 Å². The Kier molecular flexibility index (Phi) is 3.81. The molecule has 1 amide bonds. The number of carbonyl (C=O) groups is 1. The minimum Gasteiger partial charge on any atom is -0.481 e. The zero-order chi connectivity index (χ0) is 13.0. The van der Waals surface area contributed by atoms with Crippen LogP contribution < -0.4 is 10.1 Å². The normalized spacial score (nSPS) is 16.8. The van der Waals surface area contributed by atoms with Crippen molar-refractivity contribution in [1.29, 1.82) is 0 Å². The summed E-state index contributed by atoms with van der Waals surface area (Å²) in [6.45, 7) is -0.0243. The highest BCUT2D eigenvalue weighted by molar-refractivity contribution is 5.77. The molecule has 0 spiro atoms. The maximum absolute atomic E-state index is 13.2. The van der Waals surface area contributed by atoms with Crippen LogP contribution in [-0.4, -0.2) is 29.8 Å². The highest BCUT2D eigenvalue weighted by atomic mass is 19.1. The van der Waals surface area contributed by atoms with Gasteiger partial charge in [0.2, 0.25) is 0 Å². The molecule has 0 radical (unpaired) electrons. The van der Waals surface area contributed by atoms with Crippen LogP contribution in [0.15, 0.2) is 24.3 Å². The lowest BCUT2D eigenvalue weighted by atomic mass is 9.80. The maximum atomic E-state index is 13.2. The van der Waals surface area contributed by atoms with Gasteiger partial charge in [0.05, 0.1) is 5.60 Å². The van der Waals surface area contributed by atoms with E-state index in [-0.39, 0.29) is 24.8 Å². The fraction of sp³-hybridized carbons (Fsp3) is 0.462. The summed E-state index contributed by atoms with van der Waals surface area (Å²) in [5, 5.41) is 12.4. The lowest BCUT2D eigenvalue weighted by Gasteiger charge is -2.36. The summed E-state index contributed by atoms with van der Waals surface area (Å²) >= 11 is 0. The predicted octanol–water partition coefficient (Wildman–Crippen LogP) is 1.24. The highest BCUT2D eigenvalue weighted by Crippen LogP contribution is 2.30. The van der Waals surface area contributed by atoms with Gasteiger partial charge < -0.3 is 15.2 Å². The zero-order valence-corrected chi connectivity index (χ0v) is 9.99. The van der Waals surface area contributed by atoms with Gasteiger partial charge in [0.1, 0.15) is 0 Å². The number of nitrogens with one attached hydrogen (secondary N) is 1. The second kappa shape index (κ2) is 5.35. The van der Waals surface area contributed by atoms with Gasteiger partial charge in [-0.2, -0.15) is 0 Å². The molecule has 0 atom stereocenters. The first-order chi connectivity index (χ1) is 8.59. The van der Waals surface area contributed by atoms with E-state index in [4.69, 9.17) is 4.74 Å². The van der Waals surface area contributed by atoms with E-state index < -0.39 is 11.4 Å². The van der Waals surface area contributed by atoms with Crippen LogP contribution in [0.1, 0.15) is 19.3 Å². The van der Waals surface area contributed by atoms with Gasteiger partial charge in [-0.05, 0) is 31.4 Å². The predicted molar refractivity (Wildman–Crippen MR) is 63.7 cm³/mol. The summed E-state index contributed by atoms with van der Waals surface area (Å²) in [6, 6.07) is 5.91. The van der Waals surface area contributed by atoms with Gasteiger partial charge in [0, 0.05) is 6.54 Å². The molecular formula is C13H16FNO3. The molecule has 2 rings (SSSR count). The van der Waals surface area contributed by atoms with Crippen LogP contribution in [0.2, 0.25) is 0 Å². The molecule has 2 N–H and O–H groups in total. The fourth-order valence-corrected chi connectivity index (χ4v) is 1.78. The Balaban J connectivity index is 1.73. The van der Waals surface area contributed by atoms with E-state index >= 15 is 0 Å². The summed E-state index contributed by atoms with van der Waals surface area (Å²) in [5.41, 5.74) is -0.756. The SMILES string of the molecule is O=C(COc1ccccc1F)NCC1(O)CCC1. The van der Waals surface area contributed by atoms with E-state index in [1.54, 1.807) is 12.1 Å². The van der Waals surface area contributed by atoms with Gasteiger partial charge in [-0.15, -0.1) is 0 Å². The summed E-state index contributed by atoms with van der Waals surface area (Å²) in [6.07, 6.45) is 2.40. The first-order valence-electron chi connectivity index (χ1n) is 5.95. The van der Waals surface area contributed by atoms with Crippen LogP contribution in [0.25, 0.3) is 0 Å². The Morgan fingerprint density at radius 2 is 2.17 bits per heavy atom. The largest absolute Gasteiger partial charge is 0.481 e. The molecule has 4 nitrogen and oxygen atoms in total. The molecule has 0 aliphatic heterocycles. The molecule has 1 aliphatic rings. The number of benzene rings is 1. The summed E-state index contributed by atoms with van der Waals surface area (Å²) in [5.74, 6) is -0.809. The van der Waals surface area contributed by atoms with Crippen LogP contribution >= 0.6 is 0 Å². The van der Waals surface area contributed by atoms with Crippen LogP contribution in [0.3, 0.4) is 0 Å². The van der Waals surface area contributed by atoms with Crippen molar-refractivity contribution >= 4 is 5.91 Å². The number of hydrogen-bond acceptors (Lipinski definition) is 3. The van der Waals surface area contributed by atoms with Gasteiger partial charge in [0.25, 0.3) is 5.91 Å². The zero-order valence-electron chi connectivity index (χ0n) is 9.99. The van der Waals surface area contributed by atoms with Gasteiger partial charge in [-0.1, -0.05) is 12.1 Å². The quantitative estimate of drug-likeness (QED) is 0.830. The van der Waals surface area contributed by atoms with Crippen LogP contribution in [0, 0.1) is 5.82 Å². The molecule has 1 saturated carbocycles. The van der Waals surface area contributed by atoms with Gasteiger partial charge in [-0.25, -0.2) is 4.39 Å². The fourth-order valence-electron chi connectivity index (χ4n) is 1.78. The second-order valence-electron chi connectivity index (χ2n) is 4.57. The minimum absolute atomic E-state index is 0.0509. The van der Waals surface area contributed by atoms with Crippen molar-refractivity contribution in [2.45, 2.75) is 24.9 Å². The molecule has 1 aromatic rings. The lowest BCUT2D eigenvalue weighted by Crippen LogP contribution is -2.48. The molecule has 18 heavy (non-hydrogen) atoms. The van der Waals surface area contributed by atoms with Crippen molar-refractivity contribution < 1.29 is 19.0 Å². The van der Waals surface area contributed by atoms with Gasteiger partial charge >= 0.3 is 0 Å². The highest BCUT2D eigenvalue weighted by Gasteiger charge is 2.34. The Hall–Kier alpha value is -1.62. The van der Waals surface area contributed by atoms with E-state index in [2.05, 4.69) is 5.32 Å². The topological polar surface area (TPSA) is 58.6 Å². The van der Waals surface area contributed by atoms with E-state index in [0.29, 0.717) is 12.8 Å². The van der Waals surface area contributed by atoms with Crippen molar-refractivity contribution in [3.63, 3.8) is 0 Å². The molecule has 1 aliphatic carbocycles. The molecule has 5 heteroatoms. The van der Waals surface area contributed by atoms with E-state index in [1.165, 1.54) is 12.1 Å². The molecule has 0 unspecified atom stereocenters. The first-order valence-corrected chi connectivity index (χ1v) is 5.95. The second-order valence-corrected chi connectivity index (χ2v) is 4.57. The van der Waals surface area contributed by atoms with Crippen molar-refractivity contribution in [2.75, 3.05) is 13.2 Å². The third-order valence-electron chi connectivity index (χ3n) is 3.09. The van der Waals surface area contributed by atoms with Crippen molar-refractivity contribution in [1.82, 2.24) is 5.32 Å². The van der Waals surface area contributed by atoms with E-state index in [1.807, 2.05) is 0 Å². The number of aliphatic hydroxyl groups is 1. The Morgan fingerprint density at radius 1 is 1.44 bits per heavy atom. The third-order valence-corrected chi connectivity index (χ3v) is 3.09. The molecule has 0 bridgehead atoms. The maximum Gasteiger partial charge on any atom is 0.258 e. The monoisotopic (exact) mass is 253 g/mol. The molecule has 1 aromatic carbocycles. The van der Waals surface area contributed by atoms with Crippen LogP contribution in [0.4, 0.5) is 4.39 Å². The molecule has 0 saturated heterocycles. The number of halogens is 1. The average Bonchev–Trinajstić information content (AvgIpc) is 2.33. The molecule has 0 heterocycles. The number of hydrogen-bond donors (Lipinski definition) is 2. The first kappa shape index (κ1) is 12.8. The van der Waals surface area contributed by atoms with E-state index in [9.17, 15) is 14.3 Å². The van der Waals surface area contributed by atoms with Crippen molar-refractivity contribution in [3.05, 3.63) is 30.1 Å². The summed E-state index contributed by atoms with van der Waals surface area (Å²) < 4.78 is 18.2. The average molecular weight is 253 g/mol. The number of ether oxygens (including phenoxy) is 1. The van der Waals surface area contributed by atoms with Crippen molar-refractivity contribution in [3.8, 4) is 5.75 Å². The lowest BCUT2D eigenvalue weighted by molar-refractivity contribution is -0.125. The van der Waals surface area contributed by atoms with Crippen molar-refractivity contribution in [2.24, 2.45) is 0 Å². The Labute approximate surface area is 105 Å².